The molecular formula is C44H47Cl2FN6O6. The summed E-state index contributed by atoms with van der Waals surface area (Å²) >= 11 is 13.9. The van der Waals surface area contributed by atoms with Gasteiger partial charge in [-0.1, -0.05) is 53.5 Å². The van der Waals surface area contributed by atoms with E-state index in [1.807, 2.05) is 16.5 Å². The molecule has 2 aliphatic carbocycles. The molecule has 2 bridgehead atoms. The lowest BCUT2D eigenvalue weighted by molar-refractivity contribution is -0.148. The minimum atomic E-state index is -0.811. The van der Waals surface area contributed by atoms with E-state index in [0.29, 0.717) is 60.7 Å². The van der Waals surface area contributed by atoms with Crippen LogP contribution in [0.4, 0.5) is 10.1 Å². The zero-order valence-corrected chi connectivity index (χ0v) is 34.6. The fraction of sp³-hybridized carbons (Fsp3) is 0.432. The van der Waals surface area contributed by atoms with Gasteiger partial charge in [-0.2, -0.15) is 0 Å². The van der Waals surface area contributed by atoms with Gasteiger partial charge in [0, 0.05) is 74.3 Å². The molecule has 1 atom stereocenters. The molecule has 4 heterocycles. The average Bonchev–Trinajstić information content (AvgIpc) is 4.02. The number of methoxy groups -OCH3 is 1. The van der Waals surface area contributed by atoms with Gasteiger partial charge in [-0.25, -0.2) is 9.37 Å². The molecule has 12 nitrogen and oxygen atoms in total. The van der Waals surface area contributed by atoms with Crippen molar-refractivity contribution in [1.29, 1.82) is 0 Å². The van der Waals surface area contributed by atoms with Gasteiger partial charge in [0.25, 0.3) is 5.91 Å². The number of fused-ring (bicyclic) bond motifs is 3. The summed E-state index contributed by atoms with van der Waals surface area (Å²) in [4.78, 5) is 50.6. The van der Waals surface area contributed by atoms with Crippen LogP contribution in [0.15, 0.2) is 48.7 Å². The summed E-state index contributed by atoms with van der Waals surface area (Å²) in [7, 11) is 3.34. The number of anilines is 1. The molecule has 3 fully saturated rings. The lowest BCUT2D eigenvalue weighted by Crippen LogP contribution is -2.34. The smallest absolute Gasteiger partial charge is 0.309 e. The topological polar surface area (TPSA) is 150 Å². The molecule has 3 N–H and O–H groups in total. The molecule has 2 saturated carbocycles. The molecule has 0 spiro atoms. The van der Waals surface area contributed by atoms with Crippen LogP contribution in [0.25, 0.3) is 23.0 Å². The monoisotopic (exact) mass is 844 g/mol. The van der Waals surface area contributed by atoms with E-state index >= 15 is 4.39 Å². The number of nitrogens with one attached hydrogen (secondary N) is 1. The Morgan fingerprint density at radius 1 is 1.03 bits per heavy atom. The SMILES string of the molecule is COc1cc(/C(F)=C/c2cccc(-c3cccc(NC(=O)c4nc5c(n4C)CCN(CCC46CCC(C(=O)O)(CC4)C6)C5)c3Cl)c2Cl)ncc1CN1CC[C@H](C(=O)O)C1. The number of aliphatic carboxylic acids is 2. The fourth-order valence-electron chi connectivity index (χ4n) is 9.75. The third-order valence-electron chi connectivity index (χ3n) is 13.2. The molecule has 4 aliphatic rings. The first kappa shape index (κ1) is 40.9. The Labute approximate surface area is 352 Å². The van der Waals surface area contributed by atoms with Crippen LogP contribution in [0.3, 0.4) is 0 Å². The first-order valence-electron chi connectivity index (χ1n) is 20.0. The predicted octanol–water partition coefficient (Wildman–Crippen LogP) is 8.21. The van der Waals surface area contributed by atoms with Gasteiger partial charge in [0.05, 0.1) is 39.9 Å². The maximum Gasteiger partial charge on any atom is 0.309 e. The van der Waals surface area contributed by atoms with E-state index in [0.717, 1.165) is 75.0 Å². The number of carbonyl (C=O) groups is 3. The minimum absolute atomic E-state index is 0.0503. The maximum absolute atomic E-state index is 15.8. The van der Waals surface area contributed by atoms with Gasteiger partial charge < -0.3 is 24.8 Å². The quantitative estimate of drug-likeness (QED) is 0.120. The molecule has 310 valence electrons. The number of hydrogen-bond donors (Lipinski definition) is 3. The summed E-state index contributed by atoms with van der Waals surface area (Å²) in [6.07, 6.45) is 9.43. The van der Waals surface area contributed by atoms with E-state index in [4.69, 9.17) is 32.9 Å². The van der Waals surface area contributed by atoms with E-state index in [1.165, 1.54) is 19.3 Å². The summed E-state index contributed by atoms with van der Waals surface area (Å²) in [5.41, 5.74) is 4.09. The molecule has 4 aromatic rings. The highest BCUT2D eigenvalue weighted by Crippen LogP contribution is 2.63. The van der Waals surface area contributed by atoms with Crippen molar-refractivity contribution in [2.45, 2.75) is 64.5 Å². The second-order valence-electron chi connectivity index (χ2n) is 16.7. The number of amides is 1. The highest BCUT2D eigenvalue weighted by Gasteiger charge is 2.57. The van der Waals surface area contributed by atoms with Crippen LogP contribution in [-0.2, 0) is 36.1 Å². The second-order valence-corrected chi connectivity index (χ2v) is 17.4. The number of carboxylic acids is 2. The van der Waals surface area contributed by atoms with Crippen molar-refractivity contribution >= 4 is 58.6 Å². The fourth-order valence-corrected chi connectivity index (χ4v) is 10.3. The number of ether oxygens (including phenoxy) is 1. The third-order valence-corrected chi connectivity index (χ3v) is 14.0. The number of halogens is 3. The lowest BCUT2D eigenvalue weighted by atomic mass is 9.80. The molecule has 1 saturated heterocycles. The average molecular weight is 846 g/mol. The Balaban J connectivity index is 0.942. The van der Waals surface area contributed by atoms with Crippen molar-refractivity contribution in [3.8, 4) is 16.9 Å². The van der Waals surface area contributed by atoms with Gasteiger partial charge in [0.15, 0.2) is 5.82 Å². The van der Waals surface area contributed by atoms with Crippen molar-refractivity contribution in [2.24, 2.45) is 23.8 Å². The van der Waals surface area contributed by atoms with E-state index in [1.54, 1.807) is 42.6 Å². The number of benzene rings is 2. The van der Waals surface area contributed by atoms with Crippen molar-refractivity contribution in [3.63, 3.8) is 0 Å². The van der Waals surface area contributed by atoms with Crippen LogP contribution in [0.1, 0.15) is 83.8 Å². The van der Waals surface area contributed by atoms with Crippen LogP contribution in [0, 0.1) is 16.7 Å². The van der Waals surface area contributed by atoms with Crippen molar-refractivity contribution in [3.05, 3.63) is 92.7 Å². The Morgan fingerprint density at radius 3 is 2.47 bits per heavy atom. The lowest BCUT2D eigenvalue weighted by Gasteiger charge is -2.32. The van der Waals surface area contributed by atoms with Gasteiger partial charge in [0.2, 0.25) is 0 Å². The Hall–Kier alpha value is -4.82. The Bertz CT molecular complexity index is 2360. The first-order chi connectivity index (χ1) is 28.3. The predicted molar refractivity (Wildman–Crippen MR) is 223 cm³/mol. The molecule has 0 radical (unpaired) electrons. The van der Waals surface area contributed by atoms with Gasteiger partial charge >= 0.3 is 11.9 Å². The Morgan fingerprint density at radius 2 is 1.78 bits per heavy atom. The summed E-state index contributed by atoms with van der Waals surface area (Å²) < 4.78 is 23.2. The number of likely N-dealkylation sites (tertiary alicyclic amines) is 1. The van der Waals surface area contributed by atoms with Crippen LogP contribution < -0.4 is 10.1 Å². The normalized spacial score (nSPS) is 23.1. The van der Waals surface area contributed by atoms with Crippen molar-refractivity contribution < 1.29 is 33.7 Å². The largest absolute Gasteiger partial charge is 0.496 e. The number of carboxylic acid groups (broad SMARTS) is 2. The molecule has 2 aromatic carbocycles. The number of carbonyl (C=O) groups excluding carboxylic acids is 1. The van der Waals surface area contributed by atoms with Gasteiger partial charge in [-0.3, -0.25) is 29.2 Å². The standard InChI is InChI=1S/C44H47Cl2FN6O6/c1-51-35-10-17-52(18-15-43-11-13-44(25-43,14-12-43)42(57)58)24-34(35)49-39(51)40(54)50-32-8-4-7-30(38(32)46)29-6-3-5-26(37(29)45)19-31(47)33-20-36(59-2)28(21-48-33)23-53-16-9-27(22-53)41(55)56/h3-8,19-21,27H,9-18,22-25H2,1-2H3,(H,50,54)(H,55,56)(H,57,58)/b31-19-/t27-,43?,44?/m0/s1. The number of aromatic nitrogens is 3. The molecule has 0 unspecified atom stereocenters. The number of nitrogens with zero attached hydrogens (tertiary/aromatic N) is 5. The minimum Gasteiger partial charge on any atom is -0.496 e. The molecule has 2 aliphatic heterocycles. The van der Waals surface area contributed by atoms with E-state index in [-0.39, 0.29) is 27.0 Å². The second kappa shape index (κ2) is 16.3. The van der Waals surface area contributed by atoms with Crippen LogP contribution >= 0.6 is 23.2 Å². The zero-order chi connectivity index (χ0) is 41.6. The third kappa shape index (κ3) is 7.97. The molecule has 15 heteroatoms. The number of imidazole rings is 1. The summed E-state index contributed by atoms with van der Waals surface area (Å²) in [6, 6.07) is 11.9. The van der Waals surface area contributed by atoms with Gasteiger partial charge in [-0.15, -0.1) is 0 Å². The molecule has 1 amide bonds. The van der Waals surface area contributed by atoms with E-state index < -0.39 is 35.0 Å². The molecule has 2 aromatic heterocycles. The molecule has 8 rings (SSSR count). The number of pyridine rings is 1. The van der Waals surface area contributed by atoms with Gasteiger partial charge in [0.1, 0.15) is 17.3 Å². The summed E-state index contributed by atoms with van der Waals surface area (Å²) in [5.74, 6) is -2.19. The van der Waals surface area contributed by atoms with Crippen LogP contribution in [-0.4, -0.2) is 85.7 Å². The highest BCUT2D eigenvalue weighted by atomic mass is 35.5. The highest BCUT2D eigenvalue weighted by molar-refractivity contribution is 6.39. The van der Waals surface area contributed by atoms with Crippen LogP contribution in [0.5, 0.6) is 5.75 Å². The number of hydrogen-bond acceptors (Lipinski definition) is 8. The number of rotatable bonds is 13. The molecular weight excluding hydrogens is 798 g/mol. The zero-order valence-electron chi connectivity index (χ0n) is 33.1. The van der Waals surface area contributed by atoms with E-state index in [2.05, 4.69) is 15.2 Å². The summed E-state index contributed by atoms with van der Waals surface area (Å²) in [6.45, 7) is 3.84. The van der Waals surface area contributed by atoms with Crippen LogP contribution in [0.2, 0.25) is 10.0 Å². The van der Waals surface area contributed by atoms with Crippen molar-refractivity contribution in [1.82, 2.24) is 24.3 Å². The van der Waals surface area contributed by atoms with Gasteiger partial charge in [-0.05, 0) is 81.2 Å². The van der Waals surface area contributed by atoms with Crippen molar-refractivity contribution in [2.75, 3.05) is 38.6 Å². The summed E-state index contributed by atoms with van der Waals surface area (Å²) in [5, 5.41) is 22.6. The molecule has 59 heavy (non-hydrogen) atoms. The van der Waals surface area contributed by atoms with E-state index in [9.17, 15) is 24.6 Å². The first-order valence-corrected chi connectivity index (χ1v) is 20.8. The maximum atomic E-state index is 15.8. The Kier molecular flexibility index (Phi) is 11.3.